The number of benzene rings is 2. The molecule has 1 aliphatic heterocycles. The third-order valence-electron chi connectivity index (χ3n) is 3.66. The zero-order chi connectivity index (χ0) is 18.0. The van der Waals surface area contributed by atoms with Gasteiger partial charge in [0.15, 0.2) is 11.9 Å². The lowest BCUT2D eigenvalue weighted by atomic mass is 10.1. The van der Waals surface area contributed by atoms with E-state index >= 15 is 0 Å². The van der Waals surface area contributed by atoms with Crippen molar-refractivity contribution in [2.45, 2.75) is 13.0 Å². The number of hydrogen-bond acceptors (Lipinski definition) is 5. The first-order valence-electron chi connectivity index (χ1n) is 7.56. The number of hydrogen-bond donors (Lipinski definition) is 0. The fourth-order valence-corrected chi connectivity index (χ4v) is 2.63. The standard InChI is InChI=1S/C19H15BrO5/c1-11(19(22)23-2)24-14-7-8-15-16(10-14)25-17(18(15)21)9-12-3-5-13(20)6-4-12/h3-11H,1-2H3/b17-9-. The number of ether oxygens (including phenoxy) is 3. The molecular weight excluding hydrogens is 388 g/mol. The van der Waals surface area contributed by atoms with E-state index in [0.717, 1.165) is 10.0 Å². The highest BCUT2D eigenvalue weighted by Gasteiger charge is 2.28. The lowest BCUT2D eigenvalue weighted by Gasteiger charge is -2.12. The van der Waals surface area contributed by atoms with Gasteiger partial charge in [-0.1, -0.05) is 28.1 Å². The number of carbonyl (C=O) groups excluding carboxylic acids is 2. The van der Waals surface area contributed by atoms with E-state index in [0.29, 0.717) is 17.1 Å². The van der Waals surface area contributed by atoms with Gasteiger partial charge in [0.05, 0.1) is 12.7 Å². The molecule has 2 aromatic rings. The minimum absolute atomic E-state index is 0.189. The molecule has 0 aromatic heterocycles. The molecule has 0 spiro atoms. The molecule has 1 heterocycles. The Labute approximate surface area is 153 Å². The Hall–Kier alpha value is -2.60. The van der Waals surface area contributed by atoms with Crippen LogP contribution in [0.25, 0.3) is 6.08 Å². The van der Waals surface area contributed by atoms with Crippen molar-refractivity contribution >= 4 is 33.8 Å². The highest BCUT2D eigenvalue weighted by molar-refractivity contribution is 9.10. The zero-order valence-corrected chi connectivity index (χ0v) is 15.2. The summed E-state index contributed by atoms with van der Waals surface area (Å²) in [6, 6.07) is 12.4. The normalized spacial score (nSPS) is 15.5. The number of allylic oxidation sites excluding steroid dienone is 1. The molecule has 1 atom stereocenters. The minimum atomic E-state index is -0.752. The van der Waals surface area contributed by atoms with Crippen molar-refractivity contribution < 1.29 is 23.8 Å². The molecule has 0 fully saturated rings. The molecule has 128 valence electrons. The van der Waals surface area contributed by atoms with Crippen molar-refractivity contribution in [3.63, 3.8) is 0 Å². The number of rotatable bonds is 4. The van der Waals surface area contributed by atoms with Crippen molar-refractivity contribution in [2.75, 3.05) is 7.11 Å². The summed E-state index contributed by atoms with van der Waals surface area (Å²) in [4.78, 5) is 23.9. The minimum Gasteiger partial charge on any atom is -0.479 e. The number of carbonyl (C=O) groups is 2. The van der Waals surface area contributed by atoms with E-state index in [9.17, 15) is 9.59 Å². The van der Waals surface area contributed by atoms with E-state index < -0.39 is 12.1 Å². The molecule has 0 amide bonds. The summed E-state index contributed by atoms with van der Waals surface area (Å²) in [7, 11) is 1.30. The number of esters is 1. The van der Waals surface area contributed by atoms with Gasteiger partial charge in [0.1, 0.15) is 11.5 Å². The largest absolute Gasteiger partial charge is 0.479 e. The van der Waals surface area contributed by atoms with Gasteiger partial charge in [-0.2, -0.15) is 0 Å². The second kappa shape index (κ2) is 7.11. The second-order valence-electron chi connectivity index (χ2n) is 5.43. The van der Waals surface area contributed by atoms with Crippen molar-refractivity contribution in [3.8, 4) is 11.5 Å². The maximum atomic E-state index is 12.4. The van der Waals surface area contributed by atoms with Gasteiger partial charge in [0, 0.05) is 10.5 Å². The Morgan fingerprint density at radius 1 is 1.20 bits per heavy atom. The molecule has 3 rings (SSSR count). The Balaban J connectivity index is 1.81. The predicted molar refractivity (Wildman–Crippen MR) is 95.6 cm³/mol. The smallest absolute Gasteiger partial charge is 0.346 e. The Morgan fingerprint density at radius 3 is 2.60 bits per heavy atom. The van der Waals surface area contributed by atoms with Crippen LogP contribution in [0.15, 0.2) is 52.7 Å². The van der Waals surface area contributed by atoms with Crippen molar-refractivity contribution in [3.05, 3.63) is 63.8 Å². The summed E-state index contributed by atoms with van der Waals surface area (Å²) in [5.74, 6) is 0.409. The van der Waals surface area contributed by atoms with Gasteiger partial charge in [0.2, 0.25) is 5.78 Å². The van der Waals surface area contributed by atoms with Gasteiger partial charge in [0.25, 0.3) is 0 Å². The maximum Gasteiger partial charge on any atom is 0.346 e. The summed E-state index contributed by atoms with van der Waals surface area (Å²) in [6.07, 6.45) is 0.935. The lowest BCUT2D eigenvalue weighted by molar-refractivity contribution is -0.147. The zero-order valence-electron chi connectivity index (χ0n) is 13.6. The number of fused-ring (bicyclic) bond motifs is 1. The average Bonchev–Trinajstić information content (AvgIpc) is 2.91. The Bertz CT molecular complexity index is 855. The molecule has 6 heteroatoms. The van der Waals surface area contributed by atoms with Crippen LogP contribution in [0.4, 0.5) is 0 Å². The number of ketones is 1. The first kappa shape index (κ1) is 17.2. The molecule has 5 nitrogen and oxygen atoms in total. The molecule has 25 heavy (non-hydrogen) atoms. The van der Waals surface area contributed by atoms with Gasteiger partial charge in [-0.3, -0.25) is 4.79 Å². The van der Waals surface area contributed by atoms with Gasteiger partial charge >= 0.3 is 5.97 Å². The van der Waals surface area contributed by atoms with E-state index in [2.05, 4.69) is 20.7 Å². The highest BCUT2D eigenvalue weighted by atomic mass is 79.9. The monoisotopic (exact) mass is 402 g/mol. The van der Waals surface area contributed by atoms with Crippen LogP contribution in [0.1, 0.15) is 22.8 Å². The molecule has 1 aliphatic rings. The first-order chi connectivity index (χ1) is 12.0. The fourth-order valence-electron chi connectivity index (χ4n) is 2.37. The third-order valence-corrected chi connectivity index (χ3v) is 4.18. The van der Waals surface area contributed by atoms with E-state index in [1.807, 2.05) is 24.3 Å². The summed E-state index contributed by atoms with van der Waals surface area (Å²) >= 11 is 3.37. The lowest BCUT2D eigenvalue weighted by Crippen LogP contribution is -2.24. The number of methoxy groups -OCH3 is 1. The van der Waals surface area contributed by atoms with Crippen LogP contribution in [0.2, 0.25) is 0 Å². The maximum absolute atomic E-state index is 12.4. The van der Waals surface area contributed by atoms with Crippen LogP contribution < -0.4 is 9.47 Å². The molecule has 1 unspecified atom stereocenters. The molecular formula is C19H15BrO5. The van der Waals surface area contributed by atoms with Crippen molar-refractivity contribution in [2.24, 2.45) is 0 Å². The Kier molecular flexibility index (Phi) is 4.90. The molecule has 0 N–H and O–H groups in total. The van der Waals surface area contributed by atoms with Crippen LogP contribution in [0.3, 0.4) is 0 Å². The third kappa shape index (κ3) is 3.74. The summed E-state index contributed by atoms with van der Waals surface area (Å²) in [5.41, 5.74) is 1.32. The van der Waals surface area contributed by atoms with Gasteiger partial charge in [-0.15, -0.1) is 0 Å². The molecule has 0 saturated carbocycles. The molecule has 0 aliphatic carbocycles. The molecule has 0 radical (unpaired) electrons. The van der Waals surface area contributed by atoms with Crippen LogP contribution in [-0.2, 0) is 9.53 Å². The fraction of sp³-hybridized carbons (Fsp3) is 0.158. The van der Waals surface area contributed by atoms with Crippen molar-refractivity contribution in [1.29, 1.82) is 0 Å². The predicted octanol–water partition coefficient (Wildman–Crippen LogP) is 4.01. The van der Waals surface area contributed by atoms with Crippen LogP contribution >= 0.6 is 15.9 Å². The molecule has 0 saturated heterocycles. The summed E-state index contributed by atoms with van der Waals surface area (Å²) in [6.45, 7) is 1.59. The van der Waals surface area contributed by atoms with Crippen LogP contribution in [0, 0.1) is 0 Å². The van der Waals surface area contributed by atoms with Crippen LogP contribution in [0.5, 0.6) is 11.5 Å². The Morgan fingerprint density at radius 2 is 1.92 bits per heavy atom. The SMILES string of the molecule is COC(=O)C(C)Oc1ccc2c(c1)O/C(=C\c1ccc(Br)cc1)C2=O. The number of halogens is 1. The highest BCUT2D eigenvalue weighted by Crippen LogP contribution is 2.35. The number of Topliss-reactive ketones (excluding diaryl/α,β-unsaturated/α-hetero) is 1. The topological polar surface area (TPSA) is 61.8 Å². The van der Waals surface area contributed by atoms with E-state index in [-0.39, 0.29) is 11.5 Å². The molecule has 0 bridgehead atoms. The van der Waals surface area contributed by atoms with Gasteiger partial charge in [-0.05, 0) is 42.8 Å². The van der Waals surface area contributed by atoms with Gasteiger partial charge < -0.3 is 14.2 Å². The van der Waals surface area contributed by atoms with Crippen LogP contribution in [-0.4, -0.2) is 25.0 Å². The average molecular weight is 403 g/mol. The van der Waals surface area contributed by atoms with E-state index in [1.54, 1.807) is 31.2 Å². The van der Waals surface area contributed by atoms with Crippen molar-refractivity contribution in [1.82, 2.24) is 0 Å². The second-order valence-corrected chi connectivity index (χ2v) is 6.35. The summed E-state index contributed by atoms with van der Waals surface area (Å²) < 4.78 is 16.8. The first-order valence-corrected chi connectivity index (χ1v) is 8.35. The molecule has 2 aromatic carbocycles. The summed E-state index contributed by atoms with van der Waals surface area (Å²) in [5, 5.41) is 0. The quantitative estimate of drug-likeness (QED) is 0.571. The van der Waals surface area contributed by atoms with E-state index in [1.165, 1.54) is 7.11 Å². The van der Waals surface area contributed by atoms with E-state index in [4.69, 9.17) is 9.47 Å². The van der Waals surface area contributed by atoms with Gasteiger partial charge in [-0.25, -0.2) is 4.79 Å².